The molecule has 0 spiro atoms. The van der Waals surface area contributed by atoms with Crippen LogP contribution in [0.3, 0.4) is 0 Å². The molecule has 0 bridgehead atoms. The number of fused-ring (bicyclic) bond motifs is 2. The molecule has 128 valence electrons. The Bertz CT molecular complexity index is 870. The van der Waals surface area contributed by atoms with Gasteiger partial charge in [-0.25, -0.2) is 13.8 Å². The lowest BCUT2D eigenvalue weighted by molar-refractivity contribution is -0.00507. The maximum Gasteiger partial charge on any atom is 0.268 e. The van der Waals surface area contributed by atoms with Gasteiger partial charge >= 0.3 is 0 Å². The van der Waals surface area contributed by atoms with Gasteiger partial charge in [0.05, 0.1) is 10.9 Å². The Morgan fingerprint density at radius 2 is 1.96 bits per heavy atom. The fourth-order valence-electron chi connectivity index (χ4n) is 3.75. The number of hydrogen-bond acceptors (Lipinski definition) is 4. The Labute approximate surface area is 137 Å². The number of aromatic nitrogens is 2. The highest BCUT2D eigenvalue weighted by atomic mass is 19.3. The van der Waals surface area contributed by atoms with Crippen LogP contribution in [0, 0.1) is 18.8 Å². The van der Waals surface area contributed by atoms with E-state index in [2.05, 4.69) is 4.98 Å². The van der Waals surface area contributed by atoms with E-state index in [1.165, 1.54) is 17.1 Å². The minimum Gasteiger partial charge on any atom is -0.382 e. The number of rotatable bonds is 3. The molecule has 1 saturated heterocycles. The third kappa shape index (κ3) is 2.30. The van der Waals surface area contributed by atoms with E-state index in [0.29, 0.717) is 23.3 Å². The van der Waals surface area contributed by atoms with Crippen LogP contribution in [0.25, 0.3) is 10.9 Å². The fraction of sp³-hybridized carbons (Fsp3) is 0.529. The number of aryl methyl sites for hydroxylation is 1. The summed E-state index contributed by atoms with van der Waals surface area (Å²) >= 11 is 0. The van der Waals surface area contributed by atoms with Crippen LogP contribution in [0.5, 0.6) is 0 Å². The van der Waals surface area contributed by atoms with Crippen molar-refractivity contribution in [3.63, 3.8) is 0 Å². The summed E-state index contributed by atoms with van der Waals surface area (Å²) in [6.07, 6.45) is -3.66. The first-order chi connectivity index (χ1) is 11.4. The third-order valence-corrected chi connectivity index (χ3v) is 5.15. The summed E-state index contributed by atoms with van der Waals surface area (Å²) in [4.78, 5) is 19.3. The predicted molar refractivity (Wildman–Crippen MR) is 86.5 cm³/mol. The van der Waals surface area contributed by atoms with E-state index in [4.69, 9.17) is 0 Å². The molecule has 0 radical (unpaired) electrons. The van der Waals surface area contributed by atoms with Crippen molar-refractivity contribution < 1.29 is 13.9 Å². The van der Waals surface area contributed by atoms with Crippen molar-refractivity contribution in [1.82, 2.24) is 9.55 Å². The molecule has 1 aliphatic heterocycles. The molecular weight excluding hydrogens is 316 g/mol. The molecule has 3 unspecified atom stereocenters. The largest absolute Gasteiger partial charge is 0.382 e. The van der Waals surface area contributed by atoms with Crippen molar-refractivity contribution in [3.8, 4) is 0 Å². The molecule has 0 amide bonds. The smallest absolute Gasteiger partial charge is 0.268 e. The average molecular weight is 335 g/mol. The quantitative estimate of drug-likeness (QED) is 0.932. The van der Waals surface area contributed by atoms with Crippen molar-refractivity contribution >= 4 is 16.9 Å². The fourth-order valence-corrected chi connectivity index (χ4v) is 3.75. The van der Waals surface area contributed by atoms with E-state index >= 15 is 0 Å². The zero-order chi connectivity index (χ0) is 17.2. The van der Waals surface area contributed by atoms with Gasteiger partial charge in [0, 0.05) is 25.7 Å². The molecule has 2 fully saturated rings. The number of halogens is 2. The number of piperidine rings is 1. The number of aliphatic hydroxyl groups excluding tert-OH is 1. The number of benzene rings is 1. The van der Waals surface area contributed by atoms with Gasteiger partial charge in [-0.2, -0.15) is 0 Å². The van der Waals surface area contributed by atoms with Crippen molar-refractivity contribution in [3.05, 3.63) is 33.6 Å². The molecule has 24 heavy (non-hydrogen) atoms. The summed E-state index contributed by atoms with van der Waals surface area (Å²) in [5.41, 5.74) is 0.559. The lowest BCUT2D eigenvalue weighted by Gasteiger charge is -2.23. The molecule has 5 nitrogen and oxygen atoms in total. The van der Waals surface area contributed by atoms with Gasteiger partial charge in [0.25, 0.3) is 12.0 Å². The molecule has 1 N–H and O–H groups in total. The van der Waals surface area contributed by atoms with E-state index in [1.54, 1.807) is 20.0 Å². The summed E-state index contributed by atoms with van der Waals surface area (Å²) < 4.78 is 27.6. The molecule has 7 heteroatoms. The number of alkyl halides is 2. The van der Waals surface area contributed by atoms with Gasteiger partial charge in [-0.05, 0) is 36.8 Å². The van der Waals surface area contributed by atoms with E-state index < -0.39 is 12.5 Å². The number of hydrogen-bond donors (Lipinski definition) is 1. The monoisotopic (exact) mass is 335 g/mol. The molecule has 1 aromatic carbocycles. The lowest BCUT2D eigenvalue weighted by Crippen LogP contribution is -2.31. The van der Waals surface area contributed by atoms with E-state index in [1.807, 2.05) is 4.90 Å². The summed E-state index contributed by atoms with van der Waals surface area (Å²) in [7, 11) is 1.65. The molecule has 1 saturated carbocycles. The summed E-state index contributed by atoms with van der Waals surface area (Å²) in [5, 5.41) is 10.1. The number of nitrogens with zero attached hydrogens (tertiary/aromatic N) is 3. The lowest BCUT2D eigenvalue weighted by atomic mass is 10.0. The van der Waals surface area contributed by atoms with Crippen molar-refractivity contribution in [2.24, 2.45) is 18.9 Å². The Morgan fingerprint density at radius 1 is 1.29 bits per heavy atom. The van der Waals surface area contributed by atoms with Crippen LogP contribution in [0.2, 0.25) is 0 Å². The summed E-state index contributed by atoms with van der Waals surface area (Å²) in [6, 6.07) is 3.12. The highest BCUT2D eigenvalue weighted by molar-refractivity contribution is 5.83. The molecule has 2 heterocycles. The maximum atomic E-state index is 13.0. The van der Waals surface area contributed by atoms with Crippen LogP contribution in [-0.4, -0.2) is 34.2 Å². The number of anilines is 1. The van der Waals surface area contributed by atoms with E-state index in [0.717, 1.165) is 13.1 Å². The Hall–Kier alpha value is -2.02. The topological polar surface area (TPSA) is 58.4 Å². The van der Waals surface area contributed by atoms with E-state index in [-0.39, 0.29) is 22.0 Å². The molecule has 1 aromatic heterocycles. The van der Waals surface area contributed by atoms with Gasteiger partial charge in [-0.15, -0.1) is 0 Å². The zero-order valence-electron chi connectivity index (χ0n) is 13.5. The van der Waals surface area contributed by atoms with Crippen LogP contribution in [-0.2, 0) is 7.05 Å². The average Bonchev–Trinajstić information content (AvgIpc) is 3.15. The highest BCUT2D eigenvalue weighted by Gasteiger charge is 2.46. The Kier molecular flexibility index (Phi) is 3.38. The van der Waals surface area contributed by atoms with Crippen LogP contribution in [0.15, 0.2) is 16.9 Å². The van der Waals surface area contributed by atoms with Crippen LogP contribution >= 0.6 is 0 Å². The maximum absolute atomic E-state index is 13.0. The minimum absolute atomic E-state index is 0.0170. The summed E-state index contributed by atoms with van der Waals surface area (Å²) in [6.45, 7) is 3.40. The van der Waals surface area contributed by atoms with Crippen molar-refractivity contribution in [2.75, 3.05) is 18.0 Å². The van der Waals surface area contributed by atoms with E-state index in [9.17, 15) is 18.7 Å². The van der Waals surface area contributed by atoms with Crippen molar-refractivity contribution in [1.29, 1.82) is 0 Å². The predicted octanol–water partition coefficient (Wildman–Crippen LogP) is 2.00. The van der Waals surface area contributed by atoms with Crippen LogP contribution in [0.1, 0.15) is 23.7 Å². The standard InChI is InChI=1S/C17H19F2N3O2/c1-8-3-11(14(23)15(18)19)13-12(4-8)16(24)21(2)17(20-13)22-6-9-5-10(9)7-22/h3-4,9-10,14-15,23H,5-7H2,1-2H3. The van der Waals surface area contributed by atoms with Gasteiger partial charge in [0.15, 0.2) is 0 Å². The first-order valence-electron chi connectivity index (χ1n) is 8.09. The molecule has 4 rings (SSSR count). The van der Waals surface area contributed by atoms with Crippen LogP contribution < -0.4 is 10.5 Å². The molecule has 1 aliphatic carbocycles. The van der Waals surface area contributed by atoms with Crippen molar-refractivity contribution in [2.45, 2.75) is 25.9 Å². The Morgan fingerprint density at radius 3 is 2.58 bits per heavy atom. The molecule has 2 aliphatic rings. The van der Waals surface area contributed by atoms with Crippen LogP contribution in [0.4, 0.5) is 14.7 Å². The Balaban J connectivity index is 1.93. The third-order valence-electron chi connectivity index (χ3n) is 5.15. The second kappa shape index (κ2) is 5.24. The first kappa shape index (κ1) is 15.5. The molecule has 2 aromatic rings. The SMILES string of the molecule is Cc1cc(C(O)C(F)F)c2nc(N3CC4CC4C3)n(C)c(=O)c2c1. The minimum atomic E-state index is -2.93. The number of aliphatic hydroxyl groups is 1. The van der Waals surface area contributed by atoms with Gasteiger partial charge < -0.3 is 10.0 Å². The second-order valence-corrected chi connectivity index (χ2v) is 6.97. The highest BCUT2D eigenvalue weighted by Crippen LogP contribution is 2.45. The molecular formula is C17H19F2N3O2. The normalized spacial score (nSPS) is 23.8. The van der Waals surface area contributed by atoms with Gasteiger partial charge in [0.2, 0.25) is 5.95 Å². The second-order valence-electron chi connectivity index (χ2n) is 6.97. The summed E-state index contributed by atoms with van der Waals surface area (Å²) in [5.74, 6) is 1.80. The van der Waals surface area contributed by atoms with Gasteiger partial charge in [-0.1, -0.05) is 6.07 Å². The first-order valence-corrected chi connectivity index (χ1v) is 8.09. The zero-order valence-corrected chi connectivity index (χ0v) is 13.5. The van der Waals surface area contributed by atoms with Gasteiger partial charge in [-0.3, -0.25) is 9.36 Å². The molecule has 3 atom stereocenters. The van der Waals surface area contributed by atoms with Gasteiger partial charge in [0.1, 0.15) is 6.10 Å².